The molecule has 3 nitrogen and oxygen atoms in total. The van der Waals surface area contributed by atoms with Crippen LogP contribution in [0.1, 0.15) is 32.4 Å². The van der Waals surface area contributed by atoms with Crippen LogP contribution in [0.5, 0.6) is 0 Å². The lowest BCUT2D eigenvalue weighted by Gasteiger charge is -2.21. The van der Waals surface area contributed by atoms with Gasteiger partial charge in [0, 0.05) is 18.3 Å². The summed E-state index contributed by atoms with van der Waals surface area (Å²) in [6.07, 6.45) is -0.681. The Balaban J connectivity index is 2.21. The van der Waals surface area contributed by atoms with Crippen LogP contribution in [0.2, 0.25) is 0 Å². The zero-order chi connectivity index (χ0) is 18.0. The summed E-state index contributed by atoms with van der Waals surface area (Å²) in [5.41, 5.74) is 2.75. The normalized spacial score (nSPS) is 14.0. The molecule has 1 aromatic heterocycles. The highest BCUT2D eigenvalue weighted by atomic mass is 19.4. The van der Waals surface area contributed by atoms with Crippen LogP contribution in [0.4, 0.5) is 13.2 Å². The monoisotopic (exact) mass is 339 g/mol. The Kier molecular flexibility index (Phi) is 5.38. The van der Waals surface area contributed by atoms with Crippen molar-refractivity contribution in [2.75, 3.05) is 13.6 Å². The molecule has 6 heteroatoms. The average molecular weight is 339 g/mol. The van der Waals surface area contributed by atoms with Gasteiger partial charge in [-0.2, -0.15) is 13.2 Å². The number of likely N-dealkylation sites (N-methyl/N-ethyl adjacent to an activating group) is 1. The van der Waals surface area contributed by atoms with Gasteiger partial charge in [0.15, 0.2) is 0 Å². The first-order valence-electron chi connectivity index (χ1n) is 7.94. The maximum Gasteiger partial charge on any atom is 0.410 e. The van der Waals surface area contributed by atoms with Gasteiger partial charge in [-0.3, -0.25) is 0 Å². The molecule has 1 heterocycles. The first kappa shape index (κ1) is 18.5. The average Bonchev–Trinajstić information content (AvgIpc) is 2.92. The van der Waals surface area contributed by atoms with Gasteiger partial charge in [0.05, 0.1) is 12.0 Å². The molecule has 1 atom stereocenters. The molecule has 0 bridgehead atoms. The van der Waals surface area contributed by atoms with E-state index in [0.29, 0.717) is 5.69 Å². The van der Waals surface area contributed by atoms with Crippen molar-refractivity contribution in [2.45, 2.75) is 39.4 Å². The number of imidazole rings is 1. The molecule has 1 N–H and O–H groups in total. The van der Waals surface area contributed by atoms with Crippen LogP contribution in [-0.4, -0.2) is 29.3 Å². The van der Waals surface area contributed by atoms with Crippen LogP contribution in [0.15, 0.2) is 36.8 Å². The predicted octanol–water partition coefficient (Wildman–Crippen LogP) is 4.46. The third-order valence-electron chi connectivity index (χ3n) is 3.72. The maximum absolute atomic E-state index is 13.1. The summed E-state index contributed by atoms with van der Waals surface area (Å²) in [7, 11) is 1.50. The van der Waals surface area contributed by atoms with E-state index in [4.69, 9.17) is 0 Å². The Morgan fingerprint density at radius 3 is 2.25 bits per heavy atom. The van der Waals surface area contributed by atoms with Gasteiger partial charge < -0.3 is 9.88 Å². The highest BCUT2D eigenvalue weighted by Crippen LogP contribution is 2.31. The number of aromatic nitrogens is 2. The lowest BCUT2D eigenvalue weighted by Crippen LogP contribution is -2.33. The minimum Gasteiger partial charge on any atom is -0.323 e. The third-order valence-corrected chi connectivity index (χ3v) is 3.72. The summed E-state index contributed by atoms with van der Waals surface area (Å²) < 4.78 is 40.5. The van der Waals surface area contributed by atoms with E-state index in [1.807, 2.05) is 24.3 Å². The molecule has 0 radical (unpaired) electrons. The molecule has 0 aliphatic heterocycles. The Hall–Kier alpha value is -1.82. The molecule has 0 saturated carbocycles. The van der Waals surface area contributed by atoms with Crippen LogP contribution in [0.25, 0.3) is 11.3 Å². The highest BCUT2D eigenvalue weighted by molar-refractivity contribution is 5.58. The van der Waals surface area contributed by atoms with E-state index in [2.05, 4.69) is 31.1 Å². The van der Waals surface area contributed by atoms with Gasteiger partial charge in [-0.25, -0.2) is 4.98 Å². The lowest BCUT2D eigenvalue weighted by atomic mass is 9.88. The van der Waals surface area contributed by atoms with Gasteiger partial charge in [0.25, 0.3) is 0 Å². The number of nitrogens with zero attached hydrogens (tertiary/aromatic N) is 2. The predicted molar refractivity (Wildman–Crippen MR) is 89.8 cm³/mol. The number of hydrogen-bond donors (Lipinski definition) is 1. The largest absolute Gasteiger partial charge is 0.410 e. The van der Waals surface area contributed by atoms with Gasteiger partial charge >= 0.3 is 6.18 Å². The number of rotatable bonds is 5. The minimum atomic E-state index is -4.32. The van der Waals surface area contributed by atoms with E-state index in [1.165, 1.54) is 25.1 Å². The molecule has 2 aromatic rings. The second-order valence-corrected chi connectivity index (χ2v) is 7.26. The number of nitrogens with one attached hydrogen (secondary N) is 1. The summed E-state index contributed by atoms with van der Waals surface area (Å²) in [6, 6.07) is 6.22. The second-order valence-electron chi connectivity index (χ2n) is 7.26. The van der Waals surface area contributed by atoms with Crippen molar-refractivity contribution in [1.29, 1.82) is 0 Å². The zero-order valence-corrected chi connectivity index (χ0v) is 14.5. The first-order chi connectivity index (χ1) is 11.1. The summed E-state index contributed by atoms with van der Waals surface area (Å²) in [6.45, 7) is 6.31. The molecule has 2 rings (SSSR count). The summed E-state index contributed by atoms with van der Waals surface area (Å²) in [5.74, 6) is 0. The van der Waals surface area contributed by atoms with Crippen LogP contribution >= 0.6 is 0 Å². The van der Waals surface area contributed by atoms with Crippen molar-refractivity contribution < 1.29 is 13.2 Å². The molecule has 0 unspecified atom stereocenters. The number of benzene rings is 1. The summed E-state index contributed by atoms with van der Waals surface area (Å²) >= 11 is 0. The number of halogens is 3. The van der Waals surface area contributed by atoms with E-state index in [0.717, 1.165) is 16.6 Å². The van der Waals surface area contributed by atoms with E-state index < -0.39 is 12.2 Å². The lowest BCUT2D eigenvalue weighted by molar-refractivity contribution is -0.166. The van der Waals surface area contributed by atoms with Crippen molar-refractivity contribution in [2.24, 2.45) is 5.41 Å². The molecule has 0 aliphatic rings. The fourth-order valence-corrected chi connectivity index (χ4v) is 2.65. The van der Waals surface area contributed by atoms with Crippen LogP contribution in [-0.2, 0) is 6.42 Å². The Labute approximate surface area is 140 Å². The highest BCUT2D eigenvalue weighted by Gasteiger charge is 2.40. The SMILES string of the molecule is CNC[C@H](n1cnc(-c2ccc(CC(C)(C)C)cc2)c1)C(F)(F)F. The third kappa shape index (κ3) is 4.84. The van der Waals surface area contributed by atoms with E-state index >= 15 is 0 Å². The van der Waals surface area contributed by atoms with Crippen molar-refractivity contribution >= 4 is 0 Å². The molecule has 24 heavy (non-hydrogen) atoms. The van der Waals surface area contributed by atoms with Crippen LogP contribution < -0.4 is 5.32 Å². The Morgan fingerprint density at radius 2 is 1.75 bits per heavy atom. The Morgan fingerprint density at radius 1 is 1.12 bits per heavy atom. The van der Waals surface area contributed by atoms with Crippen molar-refractivity contribution in [3.63, 3.8) is 0 Å². The second kappa shape index (κ2) is 6.97. The van der Waals surface area contributed by atoms with Crippen LogP contribution in [0.3, 0.4) is 0 Å². The van der Waals surface area contributed by atoms with Crippen molar-refractivity contribution in [3.8, 4) is 11.3 Å². The molecular weight excluding hydrogens is 315 g/mol. The summed E-state index contributed by atoms with van der Waals surface area (Å²) in [4.78, 5) is 4.14. The summed E-state index contributed by atoms with van der Waals surface area (Å²) in [5, 5.41) is 2.58. The molecule has 0 saturated heterocycles. The molecule has 132 valence electrons. The fraction of sp³-hybridized carbons (Fsp3) is 0.500. The topological polar surface area (TPSA) is 29.9 Å². The zero-order valence-electron chi connectivity index (χ0n) is 14.5. The quantitative estimate of drug-likeness (QED) is 0.871. The van der Waals surface area contributed by atoms with Crippen molar-refractivity contribution in [1.82, 2.24) is 14.9 Å². The molecule has 0 amide bonds. The Bertz CT molecular complexity index is 651. The molecule has 0 spiro atoms. The standard InChI is InChI=1S/C18H24F3N3/c1-17(2,3)9-13-5-7-14(8-6-13)15-11-24(12-23-15)16(10-22-4)18(19,20)21/h5-8,11-12,16,22H,9-10H2,1-4H3/t16-/m0/s1. The van der Waals surface area contributed by atoms with Crippen LogP contribution in [0, 0.1) is 5.41 Å². The molecule has 1 aromatic carbocycles. The van der Waals surface area contributed by atoms with E-state index in [-0.39, 0.29) is 12.0 Å². The minimum absolute atomic E-state index is 0.191. The molecule has 0 aliphatic carbocycles. The van der Waals surface area contributed by atoms with E-state index in [1.54, 1.807) is 0 Å². The van der Waals surface area contributed by atoms with E-state index in [9.17, 15) is 13.2 Å². The molecule has 0 fully saturated rings. The van der Waals surface area contributed by atoms with Crippen molar-refractivity contribution in [3.05, 3.63) is 42.4 Å². The van der Waals surface area contributed by atoms with Gasteiger partial charge in [-0.05, 0) is 24.4 Å². The fourth-order valence-electron chi connectivity index (χ4n) is 2.65. The van der Waals surface area contributed by atoms with Gasteiger partial charge in [-0.1, -0.05) is 45.0 Å². The molecular formula is C18H24F3N3. The smallest absolute Gasteiger partial charge is 0.323 e. The van der Waals surface area contributed by atoms with Gasteiger partial charge in [-0.15, -0.1) is 0 Å². The number of alkyl halides is 3. The number of hydrogen-bond acceptors (Lipinski definition) is 2. The first-order valence-corrected chi connectivity index (χ1v) is 7.94. The van der Waals surface area contributed by atoms with Gasteiger partial charge in [0.2, 0.25) is 0 Å². The maximum atomic E-state index is 13.1. The van der Waals surface area contributed by atoms with Gasteiger partial charge in [0.1, 0.15) is 6.04 Å².